The summed E-state index contributed by atoms with van der Waals surface area (Å²) in [6.45, 7) is 0. The number of amides is 1. The fourth-order valence-corrected chi connectivity index (χ4v) is 3.28. The standard InChI is InChI=1S/C16H17ClN4O3/c17-9-6-4-8(5-7-9)10-2-1-3-11(10)19-15(23)13-12(18)14(22)21-16(24)20-13/h4-7,10-11H,1-3,18H2,(H,19,23)(H2,20,21,22,24)/t10-,11-/m1/s1. The number of aromatic nitrogens is 2. The van der Waals surface area contributed by atoms with Crippen LogP contribution in [0.2, 0.25) is 5.02 Å². The van der Waals surface area contributed by atoms with Gasteiger partial charge in [-0.3, -0.25) is 14.6 Å². The van der Waals surface area contributed by atoms with Gasteiger partial charge in [0.1, 0.15) is 11.4 Å². The number of hydrogen-bond donors (Lipinski definition) is 4. The number of anilines is 1. The molecule has 1 amide bonds. The molecule has 1 fully saturated rings. The van der Waals surface area contributed by atoms with Gasteiger partial charge in [0.15, 0.2) is 0 Å². The van der Waals surface area contributed by atoms with Gasteiger partial charge >= 0.3 is 5.69 Å². The number of rotatable bonds is 3. The van der Waals surface area contributed by atoms with E-state index in [1.54, 1.807) is 0 Å². The van der Waals surface area contributed by atoms with Crippen LogP contribution in [0.4, 0.5) is 5.69 Å². The third-order valence-corrected chi connectivity index (χ3v) is 4.59. The molecule has 0 aliphatic heterocycles. The number of nitrogens with one attached hydrogen (secondary N) is 3. The fraction of sp³-hybridized carbons (Fsp3) is 0.312. The second kappa shape index (κ2) is 6.52. The molecule has 0 spiro atoms. The SMILES string of the molecule is Nc1c(C(=O)N[C@@H]2CCC[C@@H]2c2ccc(Cl)cc2)[nH]c(=O)[nH]c1=O. The Labute approximate surface area is 142 Å². The number of nitrogens with two attached hydrogens (primary N) is 1. The number of carbonyl (C=O) groups is 1. The fourth-order valence-electron chi connectivity index (χ4n) is 3.16. The van der Waals surface area contributed by atoms with Crippen LogP contribution < -0.4 is 22.3 Å². The van der Waals surface area contributed by atoms with Crippen molar-refractivity contribution in [3.05, 3.63) is 61.4 Å². The molecule has 2 aromatic rings. The number of carbonyl (C=O) groups excluding carboxylic acids is 1. The van der Waals surface area contributed by atoms with Crippen LogP contribution >= 0.6 is 11.6 Å². The van der Waals surface area contributed by atoms with E-state index < -0.39 is 17.2 Å². The number of aromatic amines is 2. The zero-order chi connectivity index (χ0) is 17.3. The van der Waals surface area contributed by atoms with E-state index in [1.165, 1.54) is 0 Å². The van der Waals surface area contributed by atoms with Crippen molar-refractivity contribution in [2.75, 3.05) is 5.73 Å². The van der Waals surface area contributed by atoms with Crippen LogP contribution in [0.5, 0.6) is 0 Å². The minimum atomic E-state index is -0.774. The van der Waals surface area contributed by atoms with Crippen molar-refractivity contribution in [3.63, 3.8) is 0 Å². The molecular weight excluding hydrogens is 332 g/mol. The zero-order valence-electron chi connectivity index (χ0n) is 12.8. The molecule has 126 valence electrons. The van der Waals surface area contributed by atoms with E-state index in [4.69, 9.17) is 17.3 Å². The molecule has 8 heteroatoms. The molecule has 1 heterocycles. The summed E-state index contributed by atoms with van der Waals surface area (Å²) in [6, 6.07) is 7.43. The average molecular weight is 349 g/mol. The van der Waals surface area contributed by atoms with Gasteiger partial charge in [-0.1, -0.05) is 30.2 Å². The molecule has 7 nitrogen and oxygen atoms in total. The molecule has 0 unspecified atom stereocenters. The van der Waals surface area contributed by atoms with Crippen LogP contribution in [0.15, 0.2) is 33.9 Å². The van der Waals surface area contributed by atoms with E-state index in [1.807, 2.05) is 29.2 Å². The topological polar surface area (TPSA) is 121 Å². The van der Waals surface area contributed by atoms with Gasteiger partial charge in [-0.15, -0.1) is 0 Å². The van der Waals surface area contributed by atoms with Gasteiger partial charge < -0.3 is 16.0 Å². The van der Waals surface area contributed by atoms with Crippen molar-refractivity contribution < 1.29 is 4.79 Å². The van der Waals surface area contributed by atoms with E-state index in [-0.39, 0.29) is 23.3 Å². The first-order chi connectivity index (χ1) is 11.5. The molecule has 3 rings (SSSR count). The predicted molar refractivity (Wildman–Crippen MR) is 91.4 cm³/mol. The summed E-state index contributed by atoms with van der Waals surface area (Å²) in [5.41, 5.74) is 4.65. The highest BCUT2D eigenvalue weighted by Crippen LogP contribution is 2.35. The first-order valence-electron chi connectivity index (χ1n) is 7.64. The first kappa shape index (κ1) is 16.3. The maximum Gasteiger partial charge on any atom is 0.326 e. The lowest BCUT2D eigenvalue weighted by Gasteiger charge is -2.21. The summed E-state index contributed by atoms with van der Waals surface area (Å²) < 4.78 is 0. The molecule has 24 heavy (non-hydrogen) atoms. The van der Waals surface area contributed by atoms with E-state index >= 15 is 0 Å². The molecule has 1 aromatic heterocycles. The van der Waals surface area contributed by atoms with E-state index in [0.717, 1.165) is 24.8 Å². The highest BCUT2D eigenvalue weighted by Gasteiger charge is 2.30. The van der Waals surface area contributed by atoms with Gasteiger partial charge in [0.2, 0.25) is 0 Å². The molecular formula is C16H17ClN4O3. The van der Waals surface area contributed by atoms with Gasteiger partial charge in [0, 0.05) is 17.0 Å². The van der Waals surface area contributed by atoms with Crippen molar-refractivity contribution >= 4 is 23.2 Å². The number of hydrogen-bond acceptors (Lipinski definition) is 4. The van der Waals surface area contributed by atoms with Crippen molar-refractivity contribution in [1.82, 2.24) is 15.3 Å². The normalized spacial score (nSPS) is 20.0. The summed E-state index contributed by atoms with van der Waals surface area (Å²) >= 11 is 5.92. The van der Waals surface area contributed by atoms with E-state index in [0.29, 0.717) is 5.02 Å². The van der Waals surface area contributed by atoms with Crippen LogP contribution in [0.3, 0.4) is 0 Å². The summed E-state index contributed by atoms with van der Waals surface area (Å²) in [6.07, 6.45) is 2.72. The third-order valence-electron chi connectivity index (χ3n) is 4.34. The molecule has 5 N–H and O–H groups in total. The molecule has 0 saturated heterocycles. The van der Waals surface area contributed by atoms with E-state index in [2.05, 4.69) is 10.3 Å². The Morgan fingerprint density at radius 2 is 1.88 bits per heavy atom. The van der Waals surface area contributed by atoms with Crippen LogP contribution in [0, 0.1) is 0 Å². The average Bonchev–Trinajstić information content (AvgIpc) is 2.99. The third kappa shape index (κ3) is 3.21. The summed E-state index contributed by atoms with van der Waals surface area (Å²) in [5, 5.41) is 3.54. The van der Waals surface area contributed by atoms with Gasteiger partial charge in [-0.2, -0.15) is 0 Å². The number of halogens is 1. The minimum Gasteiger partial charge on any atom is -0.392 e. The predicted octanol–water partition coefficient (Wildman–Crippen LogP) is 1.36. The maximum atomic E-state index is 12.4. The quantitative estimate of drug-likeness (QED) is 0.669. The second-order valence-corrected chi connectivity index (χ2v) is 6.30. The van der Waals surface area contributed by atoms with Crippen LogP contribution in [-0.4, -0.2) is 21.9 Å². The Hall–Kier alpha value is -2.54. The van der Waals surface area contributed by atoms with Crippen LogP contribution in [0.25, 0.3) is 0 Å². The number of H-pyrrole nitrogens is 2. The monoisotopic (exact) mass is 348 g/mol. The molecule has 1 aliphatic rings. The van der Waals surface area contributed by atoms with Crippen LogP contribution in [-0.2, 0) is 0 Å². The zero-order valence-corrected chi connectivity index (χ0v) is 13.5. The Balaban J connectivity index is 1.82. The highest BCUT2D eigenvalue weighted by molar-refractivity contribution is 6.30. The Bertz CT molecular complexity index is 872. The van der Waals surface area contributed by atoms with Gasteiger partial charge in [0.25, 0.3) is 11.5 Å². The van der Waals surface area contributed by atoms with E-state index in [9.17, 15) is 14.4 Å². The molecule has 0 bridgehead atoms. The molecule has 1 saturated carbocycles. The molecule has 0 radical (unpaired) electrons. The Morgan fingerprint density at radius 1 is 1.17 bits per heavy atom. The first-order valence-corrected chi connectivity index (χ1v) is 8.02. The van der Waals surface area contributed by atoms with Gasteiger partial charge in [0.05, 0.1) is 0 Å². The molecule has 1 aromatic carbocycles. The Morgan fingerprint density at radius 3 is 2.58 bits per heavy atom. The summed E-state index contributed by atoms with van der Waals surface area (Å²) in [7, 11) is 0. The molecule has 2 atom stereocenters. The smallest absolute Gasteiger partial charge is 0.326 e. The lowest BCUT2D eigenvalue weighted by Crippen LogP contribution is -2.39. The lowest BCUT2D eigenvalue weighted by atomic mass is 9.94. The Kier molecular flexibility index (Phi) is 4.44. The van der Waals surface area contributed by atoms with Crippen molar-refractivity contribution in [1.29, 1.82) is 0 Å². The van der Waals surface area contributed by atoms with Crippen molar-refractivity contribution in [2.24, 2.45) is 0 Å². The van der Waals surface area contributed by atoms with Gasteiger partial charge in [-0.25, -0.2) is 4.79 Å². The molecule has 1 aliphatic carbocycles. The second-order valence-electron chi connectivity index (χ2n) is 5.87. The van der Waals surface area contributed by atoms with Crippen molar-refractivity contribution in [3.8, 4) is 0 Å². The number of benzene rings is 1. The minimum absolute atomic E-state index is 0.0964. The highest BCUT2D eigenvalue weighted by atomic mass is 35.5. The van der Waals surface area contributed by atoms with Gasteiger partial charge in [-0.05, 0) is 30.5 Å². The number of nitrogen functional groups attached to an aromatic ring is 1. The summed E-state index contributed by atoms with van der Waals surface area (Å²) in [5.74, 6) is -0.400. The van der Waals surface area contributed by atoms with Crippen molar-refractivity contribution in [2.45, 2.75) is 31.2 Å². The summed E-state index contributed by atoms with van der Waals surface area (Å²) in [4.78, 5) is 39.6. The lowest BCUT2D eigenvalue weighted by molar-refractivity contribution is 0.0929. The largest absolute Gasteiger partial charge is 0.392 e. The van der Waals surface area contributed by atoms with Crippen LogP contribution in [0.1, 0.15) is 41.2 Å². The maximum absolute atomic E-state index is 12.4.